The number of amides is 3. The fraction of sp³-hybridized carbons (Fsp3) is 0.444. The molecule has 2 aromatic carbocycles. The summed E-state index contributed by atoms with van der Waals surface area (Å²) in [5.41, 5.74) is 1.82. The van der Waals surface area contributed by atoms with Crippen LogP contribution in [-0.4, -0.2) is 66.9 Å². The van der Waals surface area contributed by atoms with E-state index in [0.29, 0.717) is 55.6 Å². The van der Waals surface area contributed by atoms with Gasteiger partial charge in [-0.3, -0.25) is 19.3 Å². The highest BCUT2D eigenvalue weighted by molar-refractivity contribution is 6.04. The monoisotopic (exact) mass is 478 g/mol. The molecule has 3 amide bonds. The van der Waals surface area contributed by atoms with E-state index in [-0.39, 0.29) is 24.3 Å². The Morgan fingerprint density at radius 2 is 1.46 bits per heavy atom. The van der Waals surface area contributed by atoms with Gasteiger partial charge in [0.05, 0.1) is 13.2 Å². The molecule has 4 rings (SSSR count). The van der Waals surface area contributed by atoms with Crippen LogP contribution in [-0.2, 0) is 9.59 Å². The van der Waals surface area contributed by atoms with Crippen LogP contribution in [0, 0.1) is 5.92 Å². The van der Waals surface area contributed by atoms with Crippen LogP contribution in [0.5, 0.6) is 5.75 Å². The third kappa shape index (κ3) is 6.82. The maximum absolute atomic E-state index is 12.6. The number of anilines is 2. The Morgan fingerprint density at radius 3 is 2.09 bits per heavy atom. The van der Waals surface area contributed by atoms with Gasteiger partial charge in [0.1, 0.15) is 5.75 Å². The molecule has 2 fully saturated rings. The molecule has 2 N–H and O–H groups in total. The van der Waals surface area contributed by atoms with E-state index in [1.54, 1.807) is 36.4 Å². The lowest BCUT2D eigenvalue weighted by Crippen LogP contribution is -2.51. The SMILES string of the molecule is CCOc1ccc(NC(=O)c2ccc(NC(=O)CN3CCN(C(=O)C4CCCC4)CC3)cc2)cc1. The molecule has 8 heteroatoms. The number of piperazine rings is 1. The Kier molecular flexibility index (Phi) is 8.36. The summed E-state index contributed by atoms with van der Waals surface area (Å²) in [6.07, 6.45) is 4.35. The summed E-state index contributed by atoms with van der Waals surface area (Å²) in [6, 6.07) is 14.0. The third-order valence-corrected chi connectivity index (χ3v) is 6.61. The molecule has 8 nitrogen and oxygen atoms in total. The summed E-state index contributed by atoms with van der Waals surface area (Å²) >= 11 is 0. The van der Waals surface area contributed by atoms with Gasteiger partial charge in [-0.2, -0.15) is 0 Å². The molecule has 2 aromatic rings. The molecule has 1 aliphatic heterocycles. The van der Waals surface area contributed by atoms with Gasteiger partial charge in [0, 0.05) is 49.0 Å². The fourth-order valence-electron chi connectivity index (χ4n) is 4.67. The van der Waals surface area contributed by atoms with E-state index in [1.807, 2.05) is 24.0 Å². The number of carbonyl (C=O) groups is 3. The minimum Gasteiger partial charge on any atom is -0.494 e. The Balaban J connectivity index is 1.21. The van der Waals surface area contributed by atoms with Gasteiger partial charge < -0.3 is 20.3 Å². The molecule has 1 saturated heterocycles. The summed E-state index contributed by atoms with van der Waals surface area (Å²) in [4.78, 5) is 41.6. The van der Waals surface area contributed by atoms with Crippen LogP contribution in [0.4, 0.5) is 11.4 Å². The molecule has 0 bridgehead atoms. The Bertz CT molecular complexity index is 1010. The first-order chi connectivity index (χ1) is 17.0. The van der Waals surface area contributed by atoms with Crippen molar-refractivity contribution in [3.63, 3.8) is 0 Å². The normalized spacial score (nSPS) is 16.7. The number of nitrogens with one attached hydrogen (secondary N) is 2. The van der Waals surface area contributed by atoms with Crippen molar-refractivity contribution in [2.75, 3.05) is 50.0 Å². The summed E-state index contributed by atoms with van der Waals surface area (Å²) in [6.45, 7) is 5.57. The number of carbonyl (C=O) groups excluding carboxylic acids is 3. The van der Waals surface area contributed by atoms with E-state index >= 15 is 0 Å². The Morgan fingerprint density at radius 1 is 0.857 bits per heavy atom. The van der Waals surface area contributed by atoms with Crippen molar-refractivity contribution in [2.45, 2.75) is 32.6 Å². The zero-order valence-corrected chi connectivity index (χ0v) is 20.3. The van der Waals surface area contributed by atoms with Gasteiger partial charge in [-0.25, -0.2) is 0 Å². The summed E-state index contributed by atoms with van der Waals surface area (Å²) in [7, 11) is 0. The smallest absolute Gasteiger partial charge is 0.255 e. The summed E-state index contributed by atoms with van der Waals surface area (Å²) in [5, 5.41) is 5.75. The molecular weight excluding hydrogens is 444 g/mol. The van der Waals surface area contributed by atoms with Crippen LogP contribution in [0.1, 0.15) is 43.0 Å². The number of hydrogen-bond donors (Lipinski definition) is 2. The number of hydrogen-bond acceptors (Lipinski definition) is 5. The van der Waals surface area contributed by atoms with Gasteiger partial charge in [0.2, 0.25) is 11.8 Å². The molecule has 35 heavy (non-hydrogen) atoms. The predicted octanol–water partition coefficient (Wildman–Crippen LogP) is 3.61. The van der Waals surface area contributed by atoms with E-state index in [2.05, 4.69) is 15.5 Å². The van der Waals surface area contributed by atoms with E-state index in [0.717, 1.165) is 31.4 Å². The van der Waals surface area contributed by atoms with Gasteiger partial charge in [-0.15, -0.1) is 0 Å². The Labute approximate surface area is 206 Å². The number of benzene rings is 2. The van der Waals surface area contributed by atoms with Crippen LogP contribution >= 0.6 is 0 Å². The zero-order valence-electron chi connectivity index (χ0n) is 20.3. The highest BCUT2D eigenvalue weighted by Gasteiger charge is 2.29. The first-order valence-electron chi connectivity index (χ1n) is 12.5. The molecule has 0 radical (unpaired) electrons. The van der Waals surface area contributed by atoms with E-state index < -0.39 is 0 Å². The number of ether oxygens (including phenoxy) is 1. The quantitative estimate of drug-likeness (QED) is 0.605. The molecule has 186 valence electrons. The van der Waals surface area contributed by atoms with E-state index in [9.17, 15) is 14.4 Å². The van der Waals surface area contributed by atoms with Crippen molar-refractivity contribution in [1.82, 2.24) is 9.80 Å². The van der Waals surface area contributed by atoms with Crippen LogP contribution in [0.2, 0.25) is 0 Å². The first-order valence-corrected chi connectivity index (χ1v) is 12.5. The molecular formula is C27H34N4O4. The average Bonchev–Trinajstić information content (AvgIpc) is 3.41. The van der Waals surface area contributed by atoms with Crippen molar-refractivity contribution < 1.29 is 19.1 Å². The van der Waals surface area contributed by atoms with Crippen LogP contribution < -0.4 is 15.4 Å². The highest BCUT2D eigenvalue weighted by Crippen LogP contribution is 2.27. The largest absolute Gasteiger partial charge is 0.494 e. The molecule has 0 unspecified atom stereocenters. The second kappa shape index (κ2) is 11.8. The molecule has 0 aromatic heterocycles. The van der Waals surface area contributed by atoms with Crippen molar-refractivity contribution in [2.24, 2.45) is 5.92 Å². The predicted molar refractivity (Wildman–Crippen MR) is 136 cm³/mol. The lowest BCUT2D eigenvalue weighted by atomic mass is 10.1. The maximum Gasteiger partial charge on any atom is 0.255 e. The third-order valence-electron chi connectivity index (χ3n) is 6.61. The zero-order chi connectivity index (χ0) is 24.6. The fourth-order valence-corrected chi connectivity index (χ4v) is 4.67. The van der Waals surface area contributed by atoms with Crippen molar-refractivity contribution >= 4 is 29.1 Å². The van der Waals surface area contributed by atoms with Crippen LogP contribution in [0.25, 0.3) is 0 Å². The lowest BCUT2D eigenvalue weighted by molar-refractivity contribution is -0.137. The van der Waals surface area contributed by atoms with E-state index in [4.69, 9.17) is 4.74 Å². The second-order valence-electron chi connectivity index (χ2n) is 9.12. The van der Waals surface area contributed by atoms with Crippen molar-refractivity contribution in [1.29, 1.82) is 0 Å². The summed E-state index contributed by atoms with van der Waals surface area (Å²) in [5.74, 6) is 0.920. The maximum atomic E-state index is 12.6. The number of nitrogens with zero attached hydrogens (tertiary/aromatic N) is 2. The van der Waals surface area contributed by atoms with Crippen LogP contribution in [0.3, 0.4) is 0 Å². The molecule has 0 spiro atoms. The van der Waals surface area contributed by atoms with Crippen molar-refractivity contribution in [3.8, 4) is 5.75 Å². The second-order valence-corrected chi connectivity index (χ2v) is 9.12. The minimum atomic E-state index is -0.225. The highest BCUT2D eigenvalue weighted by atomic mass is 16.5. The molecule has 1 aliphatic carbocycles. The molecule has 1 saturated carbocycles. The lowest BCUT2D eigenvalue weighted by Gasteiger charge is -2.35. The molecule has 2 aliphatic rings. The average molecular weight is 479 g/mol. The standard InChI is InChI=1S/C27H34N4O4/c1-2-35-24-13-11-23(12-14-24)29-26(33)20-7-9-22(10-8-20)28-25(32)19-30-15-17-31(18-16-30)27(34)21-5-3-4-6-21/h7-14,21H,2-6,15-19H2,1H3,(H,28,32)(H,29,33). The number of rotatable bonds is 8. The topological polar surface area (TPSA) is 91.0 Å². The Hall–Kier alpha value is -3.39. The molecule has 0 atom stereocenters. The van der Waals surface area contributed by atoms with Gasteiger partial charge in [-0.05, 0) is 68.3 Å². The minimum absolute atomic E-state index is 0.104. The van der Waals surface area contributed by atoms with Gasteiger partial charge >= 0.3 is 0 Å². The molecule has 1 heterocycles. The first kappa shape index (κ1) is 24.7. The van der Waals surface area contributed by atoms with Gasteiger partial charge in [0.15, 0.2) is 0 Å². The van der Waals surface area contributed by atoms with Crippen LogP contribution in [0.15, 0.2) is 48.5 Å². The van der Waals surface area contributed by atoms with Gasteiger partial charge in [-0.1, -0.05) is 12.8 Å². The van der Waals surface area contributed by atoms with E-state index in [1.165, 1.54) is 0 Å². The summed E-state index contributed by atoms with van der Waals surface area (Å²) < 4.78 is 5.41. The van der Waals surface area contributed by atoms with Gasteiger partial charge in [0.25, 0.3) is 5.91 Å². The van der Waals surface area contributed by atoms with Crippen molar-refractivity contribution in [3.05, 3.63) is 54.1 Å².